The zero-order valence-corrected chi connectivity index (χ0v) is 17.2. The number of nitrogens with one attached hydrogen (secondary N) is 3. The van der Waals surface area contributed by atoms with E-state index in [0.717, 1.165) is 0 Å². The number of hydrogen-bond donors (Lipinski definition) is 3. The van der Waals surface area contributed by atoms with Crippen molar-refractivity contribution in [1.82, 2.24) is 10.3 Å². The number of H-pyrrole nitrogens is 1. The van der Waals surface area contributed by atoms with Gasteiger partial charge in [-0.05, 0) is 24.3 Å². The number of hydrogen-bond acceptors (Lipinski definition) is 6. The molecular weight excluding hydrogens is 402 g/mol. The number of carbonyl (C=O) groups excluding carboxylic acids is 2. The number of ether oxygens (including phenoxy) is 3. The Morgan fingerprint density at radius 3 is 2.61 bits per heavy atom. The van der Waals surface area contributed by atoms with Crippen molar-refractivity contribution in [2.24, 2.45) is 0 Å². The molecule has 0 aliphatic carbocycles. The number of pyridine rings is 1. The molecule has 0 bridgehead atoms. The highest BCUT2D eigenvalue weighted by molar-refractivity contribution is 6.00. The minimum Gasteiger partial charge on any atom is -0.493 e. The van der Waals surface area contributed by atoms with Crippen LogP contribution in [0.5, 0.6) is 11.5 Å². The number of para-hydroxylation sites is 1. The standard InChI is InChI=1S/C22H23N3O6/c1-29-9-10-31-19-11-14(7-8-18(19)30-2)25-20(26)13-24-22(28)16-12-23-17-6-4-3-5-15(17)21(16)27/h3-8,11-12H,9-10,13H2,1-2H3,(H,23,27)(H,24,28)(H,25,26). The van der Waals surface area contributed by atoms with Gasteiger partial charge in [0, 0.05) is 36.0 Å². The normalized spacial score (nSPS) is 10.5. The fourth-order valence-electron chi connectivity index (χ4n) is 2.90. The summed E-state index contributed by atoms with van der Waals surface area (Å²) in [6, 6.07) is 11.8. The molecule has 0 saturated carbocycles. The molecule has 0 atom stereocenters. The monoisotopic (exact) mass is 425 g/mol. The molecule has 0 unspecified atom stereocenters. The Morgan fingerprint density at radius 1 is 1.03 bits per heavy atom. The molecule has 3 N–H and O–H groups in total. The lowest BCUT2D eigenvalue weighted by atomic mass is 10.1. The van der Waals surface area contributed by atoms with Gasteiger partial charge < -0.3 is 29.8 Å². The van der Waals surface area contributed by atoms with E-state index in [0.29, 0.717) is 41.3 Å². The van der Waals surface area contributed by atoms with Gasteiger partial charge in [-0.1, -0.05) is 12.1 Å². The summed E-state index contributed by atoms with van der Waals surface area (Å²) in [5, 5.41) is 5.53. The molecule has 31 heavy (non-hydrogen) atoms. The fourth-order valence-corrected chi connectivity index (χ4v) is 2.90. The molecule has 162 valence electrons. The molecule has 9 nitrogen and oxygen atoms in total. The molecule has 3 rings (SSSR count). The number of anilines is 1. The second-order valence-electron chi connectivity index (χ2n) is 6.51. The van der Waals surface area contributed by atoms with Gasteiger partial charge in [0.05, 0.1) is 20.3 Å². The lowest BCUT2D eigenvalue weighted by Crippen LogP contribution is -2.35. The van der Waals surface area contributed by atoms with Crippen LogP contribution in [0.2, 0.25) is 0 Å². The number of aromatic amines is 1. The summed E-state index contributed by atoms with van der Waals surface area (Å²) in [5.74, 6) is -0.138. The highest BCUT2D eigenvalue weighted by Gasteiger charge is 2.14. The van der Waals surface area contributed by atoms with Gasteiger partial charge in [0.1, 0.15) is 12.2 Å². The minimum absolute atomic E-state index is 0.0650. The quantitative estimate of drug-likeness (QED) is 0.451. The van der Waals surface area contributed by atoms with Crippen LogP contribution in [0.15, 0.2) is 53.5 Å². The van der Waals surface area contributed by atoms with Gasteiger partial charge in [-0.2, -0.15) is 0 Å². The van der Waals surface area contributed by atoms with E-state index in [-0.39, 0.29) is 12.1 Å². The molecule has 3 aromatic rings. The Morgan fingerprint density at radius 2 is 1.84 bits per heavy atom. The predicted molar refractivity (Wildman–Crippen MR) is 116 cm³/mol. The van der Waals surface area contributed by atoms with Crippen LogP contribution >= 0.6 is 0 Å². The van der Waals surface area contributed by atoms with Crippen LogP contribution in [-0.2, 0) is 9.53 Å². The average molecular weight is 425 g/mol. The molecule has 9 heteroatoms. The molecule has 0 saturated heterocycles. The Labute approximate surface area is 178 Å². The predicted octanol–water partition coefficient (Wildman–Crippen LogP) is 1.93. The largest absolute Gasteiger partial charge is 0.493 e. The first-order valence-electron chi connectivity index (χ1n) is 9.51. The van der Waals surface area contributed by atoms with Crippen molar-refractivity contribution in [2.45, 2.75) is 0 Å². The van der Waals surface area contributed by atoms with Gasteiger partial charge >= 0.3 is 0 Å². The number of amides is 2. The van der Waals surface area contributed by atoms with Gasteiger partial charge in [-0.25, -0.2) is 0 Å². The second kappa shape index (κ2) is 10.3. The van der Waals surface area contributed by atoms with Gasteiger partial charge in [-0.15, -0.1) is 0 Å². The number of benzene rings is 2. The Balaban J connectivity index is 1.62. The van der Waals surface area contributed by atoms with Crippen molar-refractivity contribution in [2.75, 3.05) is 39.3 Å². The fraction of sp³-hybridized carbons (Fsp3) is 0.227. The second-order valence-corrected chi connectivity index (χ2v) is 6.51. The summed E-state index contributed by atoms with van der Waals surface area (Å²) >= 11 is 0. The van der Waals surface area contributed by atoms with E-state index in [1.54, 1.807) is 49.6 Å². The maximum Gasteiger partial charge on any atom is 0.257 e. The van der Waals surface area contributed by atoms with Gasteiger partial charge in [0.15, 0.2) is 11.5 Å². The third-order valence-electron chi connectivity index (χ3n) is 4.43. The molecule has 0 fully saturated rings. The molecule has 2 amide bonds. The number of carbonyl (C=O) groups is 2. The summed E-state index contributed by atoms with van der Waals surface area (Å²) in [7, 11) is 3.08. The SMILES string of the molecule is COCCOc1cc(NC(=O)CNC(=O)c2c[nH]c3ccccc3c2=O)ccc1OC. The third kappa shape index (κ3) is 5.40. The molecule has 0 aliphatic rings. The van der Waals surface area contributed by atoms with E-state index in [1.807, 2.05) is 0 Å². The molecule has 0 aliphatic heterocycles. The summed E-state index contributed by atoms with van der Waals surface area (Å²) in [6.07, 6.45) is 1.34. The van der Waals surface area contributed by atoms with Crippen LogP contribution in [0.25, 0.3) is 10.9 Å². The maximum absolute atomic E-state index is 12.5. The van der Waals surface area contributed by atoms with Crippen molar-refractivity contribution < 1.29 is 23.8 Å². The maximum atomic E-state index is 12.5. The first-order chi connectivity index (χ1) is 15.0. The molecule has 1 aromatic heterocycles. The molecular formula is C22H23N3O6. The first kappa shape index (κ1) is 21.8. The Hall–Kier alpha value is -3.85. The summed E-state index contributed by atoms with van der Waals surface area (Å²) < 4.78 is 15.8. The van der Waals surface area contributed by atoms with Crippen molar-refractivity contribution >= 4 is 28.4 Å². The smallest absolute Gasteiger partial charge is 0.257 e. The number of rotatable bonds is 9. The number of fused-ring (bicyclic) bond motifs is 1. The lowest BCUT2D eigenvalue weighted by Gasteiger charge is -2.13. The van der Waals surface area contributed by atoms with Crippen molar-refractivity contribution in [3.05, 3.63) is 64.4 Å². The zero-order valence-electron chi connectivity index (χ0n) is 17.2. The average Bonchev–Trinajstić information content (AvgIpc) is 2.78. The van der Waals surface area contributed by atoms with E-state index in [2.05, 4.69) is 15.6 Å². The van der Waals surface area contributed by atoms with E-state index < -0.39 is 17.2 Å². The van der Waals surface area contributed by atoms with Crippen molar-refractivity contribution in [1.29, 1.82) is 0 Å². The van der Waals surface area contributed by atoms with Crippen LogP contribution in [0.4, 0.5) is 5.69 Å². The minimum atomic E-state index is -0.638. The lowest BCUT2D eigenvalue weighted by molar-refractivity contribution is -0.115. The summed E-state index contributed by atoms with van der Waals surface area (Å²) in [4.78, 5) is 40.1. The zero-order chi connectivity index (χ0) is 22.2. The van der Waals surface area contributed by atoms with Crippen LogP contribution in [-0.4, -0.2) is 50.8 Å². The van der Waals surface area contributed by atoms with Gasteiger partial charge in [0.25, 0.3) is 5.91 Å². The highest BCUT2D eigenvalue weighted by atomic mass is 16.5. The Bertz CT molecular complexity index is 1140. The van der Waals surface area contributed by atoms with E-state index in [9.17, 15) is 14.4 Å². The summed E-state index contributed by atoms with van der Waals surface area (Å²) in [5.41, 5.74) is 0.630. The van der Waals surface area contributed by atoms with Crippen LogP contribution < -0.4 is 25.5 Å². The van der Waals surface area contributed by atoms with Gasteiger partial charge in [-0.3, -0.25) is 14.4 Å². The first-order valence-corrected chi connectivity index (χ1v) is 9.51. The highest BCUT2D eigenvalue weighted by Crippen LogP contribution is 2.30. The molecule has 1 heterocycles. The molecule has 2 aromatic carbocycles. The number of aromatic nitrogens is 1. The van der Waals surface area contributed by atoms with E-state index >= 15 is 0 Å². The molecule has 0 radical (unpaired) electrons. The van der Waals surface area contributed by atoms with E-state index in [1.165, 1.54) is 13.3 Å². The van der Waals surface area contributed by atoms with Crippen molar-refractivity contribution in [3.8, 4) is 11.5 Å². The number of methoxy groups -OCH3 is 2. The van der Waals surface area contributed by atoms with Crippen LogP contribution in [0.3, 0.4) is 0 Å². The van der Waals surface area contributed by atoms with Crippen LogP contribution in [0.1, 0.15) is 10.4 Å². The third-order valence-corrected chi connectivity index (χ3v) is 4.43. The van der Waals surface area contributed by atoms with Gasteiger partial charge in [0.2, 0.25) is 11.3 Å². The van der Waals surface area contributed by atoms with Crippen LogP contribution in [0, 0.1) is 0 Å². The summed E-state index contributed by atoms with van der Waals surface area (Å²) in [6.45, 7) is 0.414. The molecule has 0 spiro atoms. The van der Waals surface area contributed by atoms with E-state index in [4.69, 9.17) is 14.2 Å². The van der Waals surface area contributed by atoms with Crippen molar-refractivity contribution in [3.63, 3.8) is 0 Å². The topological polar surface area (TPSA) is 119 Å². The Kier molecular flexibility index (Phi) is 7.23.